The summed E-state index contributed by atoms with van der Waals surface area (Å²) in [5, 5.41) is 49.3. The molecule has 0 aromatic carbocycles. The van der Waals surface area contributed by atoms with Crippen molar-refractivity contribution in [2.75, 3.05) is 13.2 Å². The lowest BCUT2D eigenvalue weighted by Gasteiger charge is -2.40. The normalized spacial score (nSPS) is 38.4. The van der Waals surface area contributed by atoms with Gasteiger partial charge in [-0.3, -0.25) is 23.4 Å². The van der Waals surface area contributed by atoms with E-state index in [4.69, 9.17) is 9.47 Å². The number of aliphatic hydroxyl groups is 5. The highest BCUT2D eigenvalue weighted by atomic mass is 31.3. The van der Waals surface area contributed by atoms with Gasteiger partial charge in [0.2, 0.25) is 0 Å². The number of nitrogens with one attached hydrogen (secondary N) is 1. The molecule has 8 unspecified atom stereocenters. The molecule has 1 aromatic rings. The van der Waals surface area contributed by atoms with Crippen molar-refractivity contribution in [1.82, 2.24) is 9.55 Å². The Morgan fingerprint density at radius 2 is 1.64 bits per heavy atom. The molecule has 0 radical (unpaired) electrons. The molecular formula is C16H26N2O16P2. The molecule has 18 nitrogen and oxygen atoms in total. The van der Waals surface area contributed by atoms with Gasteiger partial charge in [0.05, 0.1) is 19.3 Å². The fourth-order valence-electron chi connectivity index (χ4n) is 3.54. The molecule has 8 N–H and O–H groups in total. The standard InChI is InChI=1S/C16H26N2O16P2/c1-6-10(21)11(22)7(4-19)32-15(6)33-36(28,29)34-35(26,27)30-5-8-12(23)13(24)14(31-8)18-3-2-9(20)17-16(18)25/h2-3,6-8,10-15,19,21-24H,4-5H2,1H3,(H,26,27)(H,28,29)(H,17,20,25)/t6?,7?,8?,10-,11+,12?,13?,14?,15+/m1/s1. The predicted molar refractivity (Wildman–Crippen MR) is 112 cm³/mol. The van der Waals surface area contributed by atoms with E-state index < -0.39 is 95.2 Å². The molecular weight excluding hydrogens is 538 g/mol. The number of nitrogens with zero attached hydrogens (tertiary/aromatic N) is 1. The number of hydrogen-bond acceptors (Lipinski definition) is 14. The van der Waals surface area contributed by atoms with Gasteiger partial charge in [0, 0.05) is 18.2 Å². The summed E-state index contributed by atoms with van der Waals surface area (Å²) in [7, 11) is -10.8. The third kappa shape index (κ3) is 6.56. The molecule has 1 aromatic heterocycles. The van der Waals surface area contributed by atoms with Crippen molar-refractivity contribution >= 4 is 15.6 Å². The number of H-pyrrole nitrogens is 1. The molecule has 2 aliphatic heterocycles. The lowest BCUT2D eigenvalue weighted by Crippen LogP contribution is -2.55. The third-order valence-electron chi connectivity index (χ3n) is 5.50. The molecule has 11 atom stereocenters. The molecule has 36 heavy (non-hydrogen) atoms. The number of aliphatic hydroxyl groups excluding tert-OH is 5. The molecule has 0 aliphatic carbocycles. The van der Waals surface area contributed by atoms with Gasteiger partial charge < -0.3 is 44.8 Å². The van der Waals surface area contributed by atoms with Crippen LogP contribution in [0, 0.1) is 5.92 Å². The second kappa shape index (κ2) is 11.2. The zero-order valence-electron chi connectivity index (χ0n) is 18.4. The minimum absolute atomic E-state index is 0.733. The smallest absolute Gasteiger partial charge is 0.394 e. The zero-order valence-corrected chi connectivity index (χ0v) is 20.2. The maximum absolute atomic E-state index is 12.3. The Morgan fingerprint density at radius 1 is 1.00 bits per heavy atom. The molecule has 0 amide bonds. The minimum atomic E-state index is -5.43. The van der Waals surface area contributed by atoms with Gasteiger partial charge in [0.25, 0.3) is 5.56 Å². The van der Waals surface area contributed by atoms with E-state index >= 15 is 0 Å². The van der Waals surface area contributed by atoms with E-state index in [9.17, 15) is 54.0 Å². The molecule has 0 saturated carbocycles. The van der Waals surface area contributed by atoms with Crippen LogP contribution < -0.4 is 11.2 Å². The van der Waals surface area contributed by atoms with Gasteiger partial charge in [-0.2, -0.15) is 4.31 Å². The van der Waals surface area contributed by atoms with E-state index in [1.165, 1.54) is 6.92 Å². The number of rotatable bonds is 9. The van der Waals surface area contributed by atoms with E-state index in [-0.39, 0.29) is 0 Å². The average Bonchev–Trinajstić information content (AvgIpc) is 3.06. The Kier molecular flexibility index (Phi) is 9.08. The maximum atomic E-state index is 12.3. The van der Waals surface area contributed by atoms with Crippen molar-refractivity contribution in [3.8, 4) is 0 Å². The first kappa shape index (κ1) is 29.2. The summed E-state index contributed by atoms with van der Waals surface area (Å²) in [5.41, 5.74) is -1.71. The van der Waals surface area contributed by atoms with Gasteiger partial charge in [0.15, 0.2) is 12.5 Å². The zero-order chi connectivity index (χ0) is 27.0. The van der Waals surface area contributed by atoms with Crippen LogP contribution in [0.15, 0.2) is 21.9 Å². The van der Waals surface area contributed by atoms with Crippen LogP contribution in [0.25, 0.3) is 0 Å². The van der Waals surface area contributed by atoms with Crippen LogP contribution in [0.5, 0.6) is 0 Å². The van der Waals surface area contributed by atoms with Gasteiger partial charge in [0.1, 0.15) is 30.5 Å². The number of phosphoric ester groups is 2. The lowest BCUT2D eigenvalue weighted by molar-refractivity contribution is -0.259. The number of hydrogen-bond donors (Lipinski definition) is 8. The van der Waals surface area contributed by atoms with Crippen LogP contribution in [0.2, 0.25) is 0 Å². The average molecular weight is 564 g/mol. The predicted octanol–water partition coefficient (Wildman–Crippen LogP) is -3.52. The summed E-state index contributed by atoms with van der Waals surface area (Å²) < 4.78 is 49.0. The molecule has 2 fully saturated rings. The first-order chi connectivity index (χ1) is 16.7. The number of aromatic amines is 1. The SMILES string of the molecule is CC1[C@H](OP(=O)(O)OP(=O)(O)OCC2OC(n3ccc(=O)[nH]c3=O)C(O)C2O)OC(CO)[C@H](O)[C@@H]1O. The molecule has 20 heteroatoms. The lowest BCUT2D eigenvalue weighted by atomic mass is 9.93. The topological polar surface area (TPSA) is 277 Å². The highest BCUT2D eigenvalue weighted by Crippen LogP contribution is 2.61. The Hall–Kier alpha value is -1.34. The van der Waals surface area contributed by atoms with Gasteiger partial charge in [-0.1, -0.05) is 6.92 Å². The quantitative estimate of drug-likeness (QED) is 0.135. The Morgan fingerprint density at radius 3 is 2.25 bits per heavy atom. The first-order valence-electron chi connectivity index (χ1n) is 10.3. The van der Waals surface area contributed by atoms with Crippen LogP contribution >= 0.6 is 15.6 Å². The molecule has 2 saturated heterocycles. The molecule has 206 valence electrons. The van der Waals surface area contributed by atoms with E-state index in [2.05, 4.69) is 13.4 Å². The van der Waals surface area contributed by atoms with Crippen molar-refractivity contribution in [2.24, 2.45) is 5.92 Å². The van der Waals surface area contributed by atoms with E-state index in [0.717, 1.165) is 16.8 Å². The minimum Gasteiger partial charge on any atom is -0.394 e. The van der Waals surface area contributed by atoms with E-state index in [0.29, 0.717) is 0 Å². The first-order valence-corrected chi connectivity index (χ1v) is 13.3. The van der Waals surface area contributed by atoms with Crippen molar-refractivity contribution in [2.45, 2.75) is 56.1 Å². The van der Waals surface area contributed by atoms with E-state index in [1.807, 2.05) is 4.98 Å². The summed E-state index contributed by atoms with van der Waals surface area (Å²) in [6, 6.07) is 0.946. The summed E-state index contributed by atoms with van der Waals surface area (Å²) in [4.78, 5) is 44.7. The third-order valence-corrected chi connectivity index (χ3v) is 8.10. The highest BCUT2D eigenvalue weighted by molar-refractivity contribution is 7.61. The van der Waals surface area contributed by atoms with Gasteiger partial charge in [-0.05, 0) is 0 Å². The van der Waals surface area contributed by atoms with Gasteiger partial charge >= 0.3 is 21.3 Å². The van der Waals surface area contributed by atoms with Gasteiger partial charge in [-0.25, -0.2) is 13.9 Å². The second-order valence-electron chi connectivity index (χ2n) is 8.05. The van der Waals surface area contributed by atoms with Crippen molar-refractivity contribution in [3.05, 3.63) is 33.1 Å². The van der Waals surface area contributed by atoms with Crippen molar-refractivity contribution in [3.63, 3.8) is 0 Å². The summed E-state index contributed by atoms with van der Waals surface area (Å²) in [6.07, 6.45) is -11.8. The molecule has 0 bridgehead atoms. The summed E-state index contributed by atoms with van der Waals surface area (Å²) in [5.74, 6) is -1.14. The Balaban J connectivity index is 1.61. The fourth-order valence-corrected chi connectivity index (χ4v) is 5.76. The Bertz CT molecular complexity index is 1120. The van der Waals surface area contributed by atoms with Crippen LogP contribution in [-0.2, 0) is 32.0 Å². The largest absolute Gasteiger partial charge is 0.483 e. The molecule has 2 aliphatic rings. The number of phosphoric acid groups is 2. The van der Waals surface area contributed by atoms with Crippen molar-refractivity contribution < 1.29 is 67.3 Å². The fraction of sp³-hybridized carbons (Fsp3) is 0.750. The number of aromatic nitrogens is 2. The summed E-state index contributed by atoms with van der Waals surface area (Å²) in [6.45, 7) is -0.505. The molecule has 0 spiro atoms. The summed E-state index contributed by atoms with van der Waals surface area (Å²) >= 11 is 0. The van der Waals surface area contributed by atoms with Gasteiger partial charge in [-0.15, -0.1) is 0 Å². The van der Waals surface area contributed by atoms with Crippen molar-refractivity contribution in [1.29, 1.82) is 0 Å². The maximum Gasteiger partial charge on any atom is 0.483 e. The van der Waals surface area contributed by atoms with Crippen LogP contribution in [0.3, 0.4) is 0 Å². The molecule has 3 heterocycles. The van der Waals surface area contributed by atoms with Crippen LogP contribution in [0.4, 0.5) is 0 Å². The van der Waals surface area contributed by atoms with Crippen LogP contribution in [0.1, 0.15) is 13.2 Å². The van der Waals surface area contributed by atoms with E-state index in [1.54, 1.807) is 0 Å². The second-order valence-corrected chi connectivity index (χ2v) is 11.0. The highest BCUT2D eigenvalue weighted by Gasteiger charge is 2.48. The Labute approximate surface area is 201 Å². The molecule has 3 rings (SSSR count). The number of ether oxygens (including phenoxy) is 2. The van der Waals surface area contributed by atoms with Crippen LogP contribution in [-0.4, -0.2) is 101 Å². The monoisotopic (exact) mass is 564 g/mol.